The lowest BCUT2D eigenvalue weighted by Gasteiger charge is -2.38. The predicted molar refractivity (Wildman–Crippen MR) is 149 cm³/mol. The minimum Gasteiger partial charge on any atom is -0.486 e. The third-order valence-corrected chi connectivity index (χ3v) is 9.24. The largest absolute Gasteiger partial charge is 0.486 e. The molecule has 0 amide bonds. The summed E-state index contributed by atoms with van der Waals surface area (Å²) in [6, 6.07) is 7.74. The molecular formula is C30H40N6O4. The molecule has 1 N–H and O–H groups in total. The van der Waals surface area contributed by atoms with Crippen LogP contribution in [-0.2, 0) is 18.4 Å². The summed E-state index contributed by atoms with van der Waals surface area (Å²) in [5.41, 5.74) is 1.58. The number of aromatic nitrogens is 5. The molecule has 1 aromatic carbocycles. The maximum atomic E-state index is 11.2. The number of benzene rings is 1. The van der Waals surface area contributed by atoms with Gasteiger partial charge in [-0.15, -0.1) is 10.2 Å². The van der Waals surface area contributed by atoms with E-state index in [-0.39, 0.29) is 12.2 Å². The van der Waals surface area contributed by atoms with E-state index in [1.54, 1.807) is 18.2 Å². The van der Waals surface area contributed by atoms with Crippen molar-refractivity contribution in [1.82, 2.24) is 29.4 Å². The van der Waals surface area contributed by atoms with Gasteiger partial charge in [0.2, 0.25) is 0 Å². The molecule has 6 rings (SSSR count). The second kappa shape index (κ2) is 12.1. The molecule has 40 heavy (non-hydrogen) atoms. The molecule has 1 saturated heterocycles. The smallest absolute Gasteiger partial charge is 0.335 e. The average molecular weight is 549 g/mol. The molecule has 0 unspecified atom stereocenters. The molecular weight excluding hydrogens is 508 g/mol. The van der Waals surface area contributed by atoms with Crippen molar-refractivity contribution in [3.63, 3.8) is 0 Å². The Morgan fingerprint density at radius 1 is 1.00 bits per heavy atom. The van der Waals surface area contributed by atoms with Crippen LogP contribution in [0.1, 0.15) is 96.8 Å². The van der Waals surface area contributed by atoms with Gasteiger partial charge in [-0.1, -0.05) is 6.07 Å². The van der Waals surface area contributed by atoms with Gasteiger partial charge in [-0.25, -0.2) is 4.79 Å². The second-order valence-electron chi connectivity index (χ2n) is 11.6. The third-order valence-electron chi connectivity index (χ3n) is 9.24. The van der Waals surface area contributed by atoms with Crippen molar-refractivity contribution >= 4 is 5.97 Å². The van der Waals surface area contributed by atoms with Gasteiger partial charge in [0, 0.05) is 38.3 Å². The van der Waals surface area contributed by atoms with Gasteiger partial charge in [-0.3, -0.25) is 9.58 Å². The third kappa shape index (κ3) is 5.93. The van der Waals surface area contributed by atoms with Gasteiger partial charge in [0.15, 0.2) is 5.82 Å². The minimum absolute atomic E-state index is 0.203. The van der Waals surface area contributed by atoms with Gasteiger partial charge in [-0.2, -0.15) is 5.10 Å². The highest BCUT2D eigenvalue weighted by Crippen LogP contribution is 2.40. The molecule has 0 bridgehead atoms. The Hall–Kier alpha value is -3.24. The minimum atomic E-state index is -0.971. The van der Waals surface area contributed by atoms with Gasteiger partial charge >= 0.3 is 5.97 Å². The highest BCUT2D eigenvalue weighted by Gasteiger charge is 2.30. The molecule has 10 nitrogen and oxygen atoms in total. The summed E-state index contributed by atoms with van der Waals surface area (Å²) in [6.45, 7) is 4.16. The van der Waals surface area contributed by atoms with E-state index in [4.69, 9.17) is 14.6 Å². The van der Waals surface area contributed by atoms with Crippen molar-refractivity contribution in [3.8, 4) is 5.75 Å². The number of nitrogens with zero attached hydrogens (tertiary/aromatic N) is 6. The molecule has 3 aromatic rings. The van der Waals surface area contributed by atoms with Crippen molar-refractivity contribution in [2.24, 2.45) is 7.05 Å². The van der Waals surface area contributed by atoms with Crippen LogP contribution in [0.2, 0.25) is 0 Å². The van der Waals surface area contributed by atoms with Gasteiger partial charge in [0.25, 0.3) is 0 Å². The summed E-state index contributed by atoms with van der Waals surface area (Å²) in [6.07, 6.45) is 13.8. The van der Waals surface area contributed by atoms with Crippen LogP contribution in [0.3, 0.4) is 0 Å². The predicted octanol–water partition coefficient (Wildman–Crippen LogP) is 4.55. The highest BCUT2D eigenvalue weighted by molar-refractivity contribution is 5.88. The van der Waals surface area contributed by atoms with Crippen molar-refractivity contribution in [2.75, 3.05) is 26.3 Å². The zero-order valence-corrected chi connectivity index (χ0v) is 23.3. The van der Waals surface area contributed by atoms with Crippen LogP contribution in [-0.4, -0.2) is 72.9 Å². The Labute approximate surface area is 235 Å². The van der Waals surface area contributed by atoms with Gasteiger partial charge in [0.05, 0.1) is 31.0 Å². The van der Waals surface area contributed by atoms with Crippen LogP contribution >= 0.6 is 0 Å². The Morgan fingerprint density at radius 2 is 1.73 bits per heavy atom. The van der Waals surface area contributed by atoms with Crippen LogP contribution in [0.4, 0.5) is 0 Å². The molecule has 3 fully saturated rings. The number of carboxylic acid groups (broad SMARTS) is 1. The summed E-state index contributed by atoms with van der Waals surface area (Å²) < 4.78 is 15.6. The topological polar surface area (TPSA) is 108 Å². The number of hydrogen-bond donors (Lipinski definition) is 1. The Kier molecular flexibility index (Phi) is 8.15. The van der Waals surface area contributed by atoms with Crippen LogP contribution in [0.25, 0.3) is 0 Å². The zero-order valence-electron chi connectivity index (χ0n) is 23.3. The number of aromatic carboxylic acids is 1. The molecule has 3 heterocycles. The number of ether oxygens (including phenoxy) is 2. The Bertz CT molecular complexity index is 1280. The fraction of sp³-hybridized carbons (Fsp3) is 0.600. The van der Waals surface area contributed by atoms with Crippen molar-refractivity contribution < 1.29 is 19.4 Å². The molecule has 0 spiro atoms. The second-order valence-corrected chi connectivity index (χ2v) is 11.6. The van der Waals surface area contributed by atoms with E-state index < -0.39 is 5.97 Å². The molecule has 1 aliphatic heterocycles. The van der Waals surface area contributed by atoms with Crippen molar-refractivity contribution in [1.29, 1.82) is 0 Å². The van der Waals surface area contributed by atoms with E-state index in [9.17, 15) is 9.90 Å². The van der Waals surface area contributed by atoms with Crippen molar-refractivity contribution in [3.05, 3.63) is 59.4 Å². The summed E-state index contributed by atoms with van der Waals surface area (Å²) in [7, 11) is 1.99. The SMILES string of the molecule is Cn1c(COc2cccc(C(=O)O)c2)nnc1[C@H]1CC[C@H](c2cnn([C@H]3CC[C@H](N4CCOCC4)CC3)c2)CC1. The lowest BCUT2D eigenvalue weighted by Crippen LogP contribution is -2.45. The van der Waals surface area contributed by atoms with E-state index in [0.29, 0.717) is 29.7 Å². The molecule has 2 aromatic heterocycles. The van der Waals surface area contributed by atoms with E-state index >= 15 is 0 Å². The first-order valence-corrected chi connectivity index (χ1v) is 14.8. The molecule has 2 aliphatic carbocycles. The number of carboxylic acids is 1. The van der Waals surface area contributed by atoms with Gasteiger partial charge in [-0.05, 0) is 81.0 Å². The standard InChI is InChI=1S/C30H40N6O4/c1-34-28(20-40-27-4-2-3-23(17-27)30(37)38)32-33-29(34)22-7-5-21(6-8-22)24-18-31-36(19-24)26-11-9-25(10-12-26)35-13-15-39-16-14-35/h2-4,17-19,21-22,25-26H,5-16,20H2,1H3,(H,37,38)/t21-,22-,25-,26-. The number of rotatable bonds is 8. The fourth-order valence-corrected chi connectivity index (χ4v) is 6.80. The van der Waals surface area contributed by atoms with Crippen LogP contribution in [0.5, 0.6) is 5.75 Å². The van der Waals surface area contributed by atoms with E-state index in [1.165, 1.54) is 37.3 Å². The molecule has 0 atom stereocenters. The normalized spacial score (nSPS) is 26.0. The lowest BCUT2D eigenvalue weighted by molar-refractivity contribution is 0.00506. The Balaban J connectivity index is 0.995. The number of carbonyl (C=O) groups is 1. The van der Waals surface area contributed by atoms with Gasteiger partial charge < -0.3 is 19.1 Å². The quantitative estimate of drug-likeness (QED) is 0.437. The zero-order chi connectivity index (χ0) is 27.5. The first-order valence-electron chi connectivity index (χ1n) is 14.8. The van der Waals surface area contributed by atoms with Crippen LogP contribution < -0.4 is 4.74 Å². The van der Waals surface area contributed by atoms with Crippen LogP contribution in [0.15, 0.2) is 36.7 Å². The maximum Gasteiger partial charge on any atom is 0.335 e. The summed E-state index contributed by atoms with van der Waals surface area (Å²) in [5.74, 6) is 2.21. The monoisotopic (exact) mass is 548 g/mol. The van der Waals surface area contributed by atoms with Gasteiger partial charge in [0.1, 0.15) is 18.2 Å². The van der Waals surface area contributed by atoms with Crippen LogP contribution in [0, 0.1) is 0 Å². The Morgan fingerprint density at radius 3 is 2.48 bits per heavy atom. The molecule has 10 heteroatoms. The summed E-state index contributed by atoms with van der Waals surface area (Å²) in [5, 5.41) is 22.9. The van der Waals surface area contributed by atoms with E-state index in [1.807, 2.05) is 11.6 Å². The number of morpholine rings is 1. The lowest BCUT2D eigenvalue weighted by atomic mass is 9.79. The summed E-state index contributed by atoms with van der Waals surface area (Å²) >= 11 is 0. The van der Waals surface area contributed by atoms with E-state index in [2.05, 4.69) is 32.2 Å². The average Bonchev–Trinajstić information content (AvgIpc) is 3.64. The highest BCUT2D eigenvalue weighted by atomic mass is 16.5. The maximum absolute atomic E-state index is 11.2. The molecule has 3 aliphatic rings. The molecule has 0 radical (unpaired) electrons. The fourth-order valence-electron chi connectivity index (χ4n) is 6.80. The first kappa shape index (κ1) is 27.0. The van der Waals surface area contributed by atoms with Crippen molar-refractivity contribution in [2.45, 2.75) is 81.9 Å². The first-order chi connectivity index (χ1) is 19.5. The molecule has 2 saturated carbocycles. The summed E-state index contributed by atoms with van der Waals surface area (Å²) in [4.78, 5) is 13.8. The van der Waals surface area contributed by atoms with E-state index in [0.717, 1.165) is 63.6 Å². The number of hydrogen-bond acceptors (Lipinski definition) is 7. The molecule has 214 valence electrons.